The number of aliphatic imine (C=N–C) groups is 2. The summed E-state index contributed by atoms with van der Waals surface area (Å²) in [7, 11) is 0. The SMILES string of the molecule is c1ccc(C2=NC(c3ccc4ccccc4c3)N=C(c3cccc4oc5ccc(-c6ccccc6)cc5c34)N2)cc1. The van der Waals surface area contributed by atoms with Crippen molar-refractivity contribution in [2.24, 2.45) is 9.98 Å². The molecule has 4 heteroatoms. The zero-order valence-corrected chi connectivity index (χ0v) is 22.2. The molecule has 2 heterocycles. The molecule has 1 N–H and O–H groups in total. The van der Waals surface area contributed by atoms with Gasteiger partial charge in [0.15, 0.2) is 6.17 Å². The van der Waals surface area contributed by atoms with Crippen molar-refractivity contribution in [1.82, 2.24) is 5.32 Å². The van der Waals surface area contributed by atoms with Crippen LogP contribution in [0.25, 0.3) is 43.8 Å². The molecule has 1 aliphatic rings. The first kappa shape index (κ1) is 23.4. The standard InChI is InChI=1S/C37H25N3O/c1-3-10-24(11-4-1)28-20-21-32-31(23-28)34-30(16-9-17-33(34)41-32)37-39-35(26-13-5-2-6-14-26)38-36(40-37)29-19-18-25-12-7-8-15-27(25)22-29/h1-23,36H,(H,38,39,40). The number of hydrogen-bond donors (Lipinski definition) is 1. The van der Waals surface area contributed by atoms with E-state index in [0.29, 0.717) is 0 Å². The van der Waals surface area contributed by atoms with Gasteiger partial charge in [-0.3, -0.25) is 0 Å². The van der Waals surface area contributed by atoms with E-state index in [2.05, 4.69) is 108 Å². The molecule has 1 atom stereocenters. The molecule has 7 aromatic rings. The Hall–Kier alpha value is -5.48. The van der Waals surface area contributed by atoms with Gasteiger partial charge in [-0.1, -0.05) is 115 Å². The fourth-order valence-electron chi connectivity index (χ4n) is 5.68. The van der Waals surface area contributed by atoms with E-state index in [4.69, 9.17) is 14.4 Å². The van der Waals surface area contributed by atoms with Crippen molar-refractivity contribution in [1.29, 1.82) is 0 Å². The third kappa shape index (κ3) is 4.17. The van der Waals surface area contributed by atoms with Gasteiger partial charge < -0.3 is 9.73 Å². The molecule has 41 heavy (non-hydrogen) atoms. The van der Waals surface area contributed by atoms with Crippen LogP contribution < -0.4 is 5.32 Å². The van der Waals surface area contributed by atoms with Crippen LogP contribution in [0.2, 0.25) is 0 Å². The average Bonchev–Trinajstić information content (AvgIpc) is 3.43. The quantitative estimate of drug-likeness (QED) is 0.248. The number of benzene rings is 6. The minimum atomic E-state index is -0.389. The van der Waals surface area contributed by atoms with Crippen molar-refractivity contribution in [3.05, 3.63) is 156 Å². The monoisotopic (exact) mass is 527 g/mol. The van der Waals surface area contributed by atoms with Crippen molar-refractivity contribution in [3.63, 3.8) is 0 Å². The molecule has 6 aromatic carbocycles. The van der Waals surface area contributed by atoms with E-state index >= 15 is 0 Å². The van der Waals surface area contributed by atoms with E-state index in [9.17, 15) is 0 Å². The molecular formula is C37H25N3O. The molecule has 0 saturated carbocycles. The number of fused-ring (bicyclic) bond motifs is 4. The third-order valence-electron chi connectivity index (χ3n) is 7.72. The van der Waals surface area contributed by atoms with Gasteiger partial charge in [0.25, 0.3) is 0 Å². The number of nitrogens with zero attached hydrogens (tertiary/aromatic N) is 2. The Morgan fingerprint density at radius 3 is 2.07 bits per heavy atom. The normalized spacial score (nSPS) is 15.1. The predicted octanol–water partition coefficient (Wildman–Crippen LogP) is 8.90. The maximum Gasteiger partial charge on any atom is 0.169 e. The summed E-state index contributed by atoms with van der Waals surface area (Å²) in [5, 5.41) is 8.05. The second kappa shape index (κ2) is 9.61. The van der Waals surface area contributed by atoms with Crippen molar-refractivity contribution in [3.8, 4) is 11.1 Å². The molecule has 0 saturated heterocycles. The molecule has 1 aliphatic heterocycles. The molecule has 0 bridgehead atoms. The highest BCUT2D eigenvalue weighted by molar-refractivity contribution is 6.23. The molecule has 0 radical (unpaired) electrons. The van der Waals surface area contributed by atoms with Gasteiger partial charge in [-0.15, -0.1) is 0 Å². The second-order valence-electron chi connectivity index (χ2n) is 10.3. The molecule has 0 fully saturated rings. The molecule has 194 valence electrons. The summed E-state index contributed by atoms with van der Waals surface area (Å²) in [5.74, 6) is 1.57. The van der Waals surface area contributed by atoms with Gasteiger partial charge in [0.05, 0.1) is 0 Å². The van der Waals surface area contributed by atoms with Crippen LogP contribution in [0.4, 0.5) is 0 Å². The van der Waals surface area contributed by atoms with E-state index in [1.807, 2.05) is 36.4 Å². The lowest BCUT2D eigenvalue weighted by Crippen LogP contribution is -2.36. The first-order valence-corrected chi connectivity index (χ1v) is 13.8. The van der Waals surface area contributed by atoms with Crippen molar-refractivity contribution in [2.45, 2.75) is 6.17 Å². The minimum absolute atomic E-state index is 0.389. The Morgan fingerprint density at radius 1 is 0.512 bits per heavy atom. The van der Waals surface area contributed by atoms with Gasteiger partial charge >= 0.3 is 0 Å². The molecule has 4 nitrogen and oxygen atoms in total. The molecule has 0 amide bonds. The van der Waals surface area contributed by atoms with Crippen LogP contribution in [0.1, 0.15) is 22.9 Å². The minimum Gasteiger partial charge on any atom is -0.456 e. The zero-order chi connectivity index (χ0) is 27.2. The van der Waals surface area contributed by atoms with E-state index < -0.39 is 0 Å². The molecule has 0 spiro atoms. The first-order valence-electron chi connectivity index (χ1n) is 13.8. The number of nitrogens with one attached hydrogen (secondary N) is 1. The van der Waals surface area contributed by atoms with Gasteiger partial charge in [-0.2, -0.15) is 0 Å². The smallest absolute Gasteiger partial charge is 0.169 e. The molecule has 8 rings (SSSR count). The van der Waals surface area contributed by atoms with Gasteiger partial charge in [0, 0.05) is 21.9 Å². The van der Waals surface area contributed by atoms with Crippen molar-refractivity contribution >= 4 is 44.4 Å². The molecule has 0 aliphatic carbocycles. The maximum absolute atomic E-state index is 6.33. The van der Waals surface area contributed by atoms with Crippen LogP contribution in [-0.2, 0) is 0 Å². The molecule has 1 aromatic heterocycles. The first-order chi connectivity index (χ1) is 20.3. The fraction of sp³-hybridized carbons (Fsp3) is 0.0270. The van der Waals surface area contributed by atoms with Crippen LogP contribution in [0.5, 0.6) is 0 Å². The lowest BCUT2D eigenvalue weighted by molar-refractivity contribution is 0.669. The Morgan fingerprint density at radius 2 is 1.24 bits per heavy atom. The highest BCUT2D eigenvalue weighted by Gasteiger charge is 2.23. The molecule has 1 unspecified atom stereocenters. The summed E-state index contributed by atoms with van der Waals surface area (Å²) in [6.45, 7) is 0. The highest BCUT2D eigenvalue weighted by Crippen LogP contribution is 2.36. The summed E-state index contributed by atoms with van der Waals surface area (Å²) >= 11 is 0. The van der Waals surface area contributed by atoms with Crippen molar-refractivity contribution in [2.75, 3.05) is 0 Å². The zero-order valence-electron chi connectivity index (χ0n) is 22.2. The largest absolute Gasteiger partial charge is 0.456 e. The van der Waals surface area contributed by atoms with Crippen LogP contribution in [0.3, 0.4) is 0 Å². The van der Waals surface area contributed by atoms with E-state index in [1.165, 1.54) is 16.3 Å². The Labute approximate surface area is 237 Å². The van der Waals surface area contributed by atoms with Gasteiger partial charge in [0.1, 0.15) is 22.8 Å². The summed E-state index contributed by atoms with van der Waals surface area (Å²) < 4.78 is 6.33. The van der Waals surface area contributed by atoms with Gasteiger partial charge in [-0.25, -0.2) is 9.98 Å². The summed E-state index contributed by atoms with van der Waals surface area (Å²) in [6.07, 6.45) is -0.389. The number of furan rings is 1. The topological polar surface area (TPSA) is 49.9 Å². The Bertz CT molecular complexity index is 2120. The predicted molar refractivity (Wildman–Crippen MR) is 168 cm³/mol. The number of amidine groups is 2. The fourth-order valence-corrected chi connectivity index (χ4v) is 5.68. The van der Waals surface area contributed by atoms with Gasteiger partial charge in [-0.05, 0) is 51.7 Å². The van der Waals surface area contributed by atoms with E-state index in [1.54, 1.807) is 0 Å². The summed E-state index contributed by atoms with van der Waals surface area (Å²) in [4.78, 5) is 10.3. The second-order valence-corrected chi connectivity index (χ2v) is 10.3. The molecular weight excluding hydrogens is 502 g/mol. The lowest BCUT2D eigenvalue weighted by Gasteiger charge is -2.23. The van der Waals surface area contributed by atoms with Crippen LogP contribution >= 0.6 is 0 Å². The van der Waals surface area contributed by atoms with Crippen molar-refractivity contribution < 1.29 is 4.42 Å². The third-order valence-corrected chi connectivity index (χ3v) is 7.72. The van der Waals surface area contributed by atoms with E-state index in [-0.39, 0.29) is 6.17 Å². The van der Waals surface area contributed by atoms with Crippen LogP contribution in [0, 0.1) is 0 Å². The highest BCUT2D eigenvalue weighted by atomic mass is 16.3. The van der Waals surface area contributed by atoms with Gasteiger partial charge in [0.2, 0.25) is 0 Å². The summed E-state index contributed by atoms with van der Waals surface area (Å²) in [5.41, 5.74) is 7.05. The maximum atomic E-state index is 6.33. The number of hydrogen-bond acceptors (Lipinski definition) is 4. The lowest BCUT2D eigenvalue weighted by atomic mass is 10.00. The van der Waals surface area contributed by atoms with Crippen LogP contribution in [-0.4, -0.2) is 11.7 Å². The summed E-state index contributed by atoms with van der Waals surface area (Å²) in [6, 6.07) is 48.1. The van der Waals surface area contributed by atoms with Crippen LogP contribution in [0.15, 0.2) is 154 Å². The van der Waals surface area contributed by atoms with E-state index in [0.717, 1.165) is 55.9 Å². The Balaban J connectivity index is 1.31. The number of rotatable bonds is 4. The Kier molecular flexibility index (Phi) is 5.49. The average molecular weight is 528 g/mol.